The molecule has 0 radical (unpaired) electrons. The fraction of sp³-hybridized carbons (Fsp3) is 0.389. The maximum absolute atomic E-state index is 13.5. The SMILES string of the molecule is Cn1cccc1[C@@H]1CCCCCN1C(=O)c1cc(F)cc(F)c1. The zero-order valence-electron chi connectivity index (χ0n) is 13.1. The molecule has 1 saturated heterocycles. The van der Waals surface area contributed by atoms with Crippen molar-refractivity contribution in [1.82, 2.24) is 9.47 Å². The predicted octanol–water partition coefficient (Wildman–Crippen LogP) is 4.06. The Hall–Kier alpha value is -2.17. The minimum atomic E-state index is -0.724. The first-order valence-corrected chi connectivity index (χ1v) is 7.94. The van der Waals surface area contributed by atoms with Gasteiger partial charge in [0.05, 0.1) is 6.04 Å². The maximum atomic E-state index is 13.5. The van der Waals surface area contributed by atoms with Gasteiger partial charge in [-0.3, -0.25) is 4.79 Å². The number of nitrogens with zero attached hydrogens (tertiary/aromatic N) is 2. The molecule has 1 atom stereocenters. The number of likely N-dealkylation sites (tertiary alicyclic amines) is 1. The molecule has 0 N–H and O–H groups in total. The lowest BCUT2D eigenvalue weighted by molar-refractivity contribution is 0.0673. The van der Waals surface area contributed by atoms with Gasteiger partial charge in [-0.05, 0) is 37.1 Å². The topological polar surface area (TPSA) is 25.2 Å². The molecule has 0 saturated carbocycles. The van der Waals surface area contributed by atoms with E-state index in [9.17, 15) is 13.6 Å². The van der Waals surface area contributed by atoms with Crippen LogP contribution in [-0.4, -0.2) is 21.9 Å². The van der Waals surface area contributed by atoms with Gasteiger partial charge in [-0.2, -0.15) is 0 Å². The van der Waals surface area contributed by atoms with Crippen LogP contribution in [-0.2, 0) is 7.05 Å². The molecule has 2 aromatic rings. The zero-order chi connectivity index (χ0) is 16.4. The maximum Gasteiger partial charge on any atom is 0.254 e. The van der Waals surface area contributed by atoms with Crippen LogP contribution < -0.4 is 0 Å². The Bertz CT molecular complexity index is 691. The van der Waals surface area contributed by atoms with Crippen LogP contribution in [0.15, 0.2) is 36.5 Å². The van der Waals surface area contributed by atoms with Crippen LogP contribution in [0.25, 0.3) is 0 Å². The highest BCUT2D eigenvalue weighted by molar-refractivity contribution is 5.94. The Morgan fingerprint density at radius 3 is 2.52 bits per heavy atom. The molecule has 3 rings (SSSR count). The molecule has 0 bridgehead atoms. The van der Waals surface area contributed by atoms with Crippen LogP contribution in [0.4, 0.5) is 8.78 Å². The summed E-state index contributed by atoms with van der Waals surface area (Å²) in [4.78, 5) is 14.6. The van der Waals surface area contributed by atoms with Gasteiger partial charge in [-0.25, -0.2) is 8.78 Å². The molecule has 2 heterocycles. The minimum absolute atomic E-state index is 0.0590. The van der Waals surface area contributed by atoms with E-state index in [0.717, 1.165) is 49.6 Å². The van der Waals surface area contributed by atoms with E-state index in [-0.39, 0.29) is 17.5 Å². The normalized spacial score (nSPS) is 18.7. The number of hydrogen-bond donors (Lipinski definition) is 0. The smallest absolute Gasteiger partial charge is 0.254 e. The van der Waals surface area contributed by atoms with E-state index in [1.165, 1.54) is 0 Å². The van der Waals surface area contributed by atoms with Gasteiger partial charge in [0.1, 0.15) is 11.6 Å². The number of aromatic nitrogens is 1. The van der Waals surface area contributed by atoms with Gasteiger partial charge < -0.3 is 9.47 Å². The molecule has 23 heavy (non-hydrogen) atoms. The van der Waals surface area contributed by atoms with E-state index in [4.69, 9.17) is 0 Å². The van der Waals surface area contributed by atoms with Gasteiger partial charge in [0.2, 0.25) is 0 Å². The molecule has 0 spiro atoms. The molecule has 0 unspecified atom stereocenters. The van der Waals surface area contributed by atoms with Gasteiger partial charge in [0.25, 0.3) is 5.91 Å². The Kier molecular flexibility index (Phi) is 4.46. The molecule has 122 valence electrons. The Morgan fingerprint density at radius 1 is 1.13 bits per heavy atom. The van der Waals surface area contributed by atoms with Gasteiger partial charge in [0.15, 0.2) is 0 Å². The van der Waals surface area contributed by atoms with Crippen molar-refractivity contribution in [3.63, 3.8) is 0 Å². The monoisotopic (exact) mass is 318 g/mol. The van der Waals surface area contributed by atoms with Crippen LogP contribution in [0.1, 0.15) is 47.8 Å². The van der Waals surface area contributed by atoms with Crippen molar-refractivity contribution in [3.8, 4) is 0 Å². The Balaban J connectivity index is 1.96. The lowest BCUT2D eigenvalue weighted by atomic mass is 10.1. The summed E-state index contributed by atoms with van der Waals surface area (Å²) in [6.07, 6.45) is 5.82. The number of rotatable bonds is 2. The lowest BCUT2D eigenvalue weighted by Crippen LogP contribution is -2.35. The minimum Gasteiger partial charge on any atom is -0.353 e. The molecule has 1 aliphatic rings. The summed E-state index contributed by atoms with van der Waals surface area (Å²) in [6, 6.07) is 6.90. The highest BCUT2D eigenvalue weighted by Gasteiger charge is 2.29. The highest BCUT2D eigenvalue weighted by atomic mass is 19.1. The van der Waals surface area contributed by atoms with Crippen molar-refractivity contribution in [2.75, 3.05) is 6.54 Å². The largest absolute Gasteiger partial charge is 0.353 e. The fourth-order valence-corrected chi connectivity index (χ4v) is 3.32. The molecule has 1 aliphatic heterocycles. The van der Waals surface area contributed by atoms with E-state index >= 15 is 0 Å². The number of aryl methyl sites for hydroxylation is 1. The molecule has 1 fully saturated rings. The fourth-order valence-electron chi connectivity index (χ4n) is 3.32. The van der Waals surface area contributed by atoms with Crippen molar-refractivity contribution in [1.29, 1.82) is 0 Å². The first kappa shape index (κ1) is 15.7. The van der Waals surface area contributed by atoms with Gasteiger partial charge in [0, 0.05) is 37.1 Å². The zero-order valence-corrected chi connectivity index (χ0v) is 13.1. The molecular formula is C18H20F2N2O. The lowest BCUT2D eigenvalue weighted by Gasteiger charge is -2.30. The second kappa shape index (κ2) is 6.52. The van der Waals surface area contributed by atoms with E-state index in [1.807, 2.05) is 29.9 Å². The second-order valence-corrected chi connectivity index (χ2v) is 6.07. The summed E-state index contributed by atoms with van der Waals surface area (Å²) >= 11 is 0. The number of benzene rings is 1. The number of carbonyl (C=O) groups excluding carboxylic acids is 1. The third-order valence-electron chi connectivity index (χ3n) is 4.45. The van der Waals surface area contributed by atoms with E-state index in [2.05, 4.69) is 0 Å². The molecular weight excluding hydrogens is 298 g/mol. The second-order valence-electron chi connectivity index (χ2n) is 6.07. The van der Waals surface area contributed by atoms with Crippen LogP contribution in [0.2, 0.25) is 0 Å². The average molecular weight is 318 g/mol. The molecule has 1 amide bonds. The molecule has 1 aromatic heterocycles. The first-order chi connectivity index (χ1) is 11.1. The Labute approximate surface area is 134 Å². The molecule has 1 aromatic carbocycles. The van der Waals surface area contributed by atoms with Gasteiger partial charge >= 0.3 is 0 Å². The van der Waals surface area contributed by atoms with Gasteiger partial charge in [-0.1, -0.05) is 12.8 Å². The Morgan fingerprint density at radius 2 is 1.87 bits per heavy atom. The molecule has 3 nitrogen and oxygen atoms in total. The predicted molar refractivity (Wildman–Crippen MR) is 84.0 cm³/mol. The van der Waals surface area contributed by atoms with E-state index < -0.39 is 11.6 Å². The quantitative estimate of drug-likeness (QED) is 0.820. The first-order valence-electron chi connectivity index (χ1n) is 7.94. The summed E-state index contributed by atoms with van der Waals surface area (Å²) in [5.74, 6) is -1.76. The van der Waals surface area contributed by atoms with E-state index in [1.54, 1.807) is 4.90 Å². The van der Waals surface area contributed by atoms with Crippen LogP contribution in [0.5, 0.6) is 0 Å². The standard InChI is InChI=1S/C18H20F2N2O/c1-21-8-5-7-16(21)17-6-3-2-4-9-22(17)18(23)13-10-14(19)12-15(20)11-13/h5,7-8,10-12,17H,2-4,6,9H2,1H3/t17-/m0/s1. The summed E-state index contributed by atoms with van der Waals surface area (Å²) < 4.78 is 28.9. The van der Waals surface area contributed by atoms with Crippen molar-refractivity contribution in [3.05, 3.63) is 59.4 Å². The number of amides is 1. The third-order valence-corrected chi connectivity index (χ3v) is 4.45. The van der Waals surface area contributed by atoms with Crippen molar-refractivity contribution < 1.29 is 13.6 Å². The molecule has 5 heteroatoms. The van der Waals surface area contributed by atoms with Crippen LogP contribution in [0.3, 0.4) is 0 Å². The van der Waals surface area contributed by atoms with Crippen LogP contribution >= 0.6 is 0 Å². The number of halogens is 2. The molecule has 0 aliphatic carbocycles. The van der Waals surface area contributed by atoms with Gasteiger partial charge in [-0.15, -0.1) is 0 Å². The average Bonchev–Trinajstić information content (AvgIpc) is 2.79. The van der Waals surface area contributed by atoms with Crippen LogP contribution in [0, 0.1) is 11.6 Å². The van der Waals surface area contributed by atoms with E-state index in [0.29, 0.717) is 6.54 Å². The van der Waals surface area contributed by atoms with Crippen molar-refractivity contribution >= 4 is 5.91 Å². The third kappa shape index (κ3) is 3.28. The summed E-state index contributed by atoms with van der Waals surface area (Å²) in [5, 5.41) is 0. The summed E-state index contributed by atoms with van der Waals surface area (Å²) in [6.45, 7) is 0.604. The summed E-state index contributed by atoms with van der Waals surface area (Å²) in [7, 11) is 1.95. The van der Waals surface area contributed by atoms with Crippen molar-refractivity contribution in [2.24, 2.45) is 7.05 Å². The summed E-state index contributed by atoms with van der Waals surface area (Å²) in [5.41, 5.74) is 1.13. The highest BCUT2D eigenvalue weighted by Crippen LogP contribution is 2.31. The number of carbonyl (C=O) groups is 1. The number of hydrogen-bond acceptors (Lipinski definition) is 1. The van der Waals surface area contributed by atoms with Crippen molar-refractivity contribution in [2.45, 2.75) is 31.7 Å².